The number of carbonyl (C=O) groups is 1. The van der Waals surface area contributed by atoms with Crippen molar-refractivity contribution in [3.8, 4) is 27.9 Å². The van der Waals surface area contributed by atoms with Gasteiger partial charge in [0.25, 0.3) is 0 Å². The maximum Gasteiger partial charge on any atom is 0.338 e. The van der Waals surface area contributed by atoms with Crippen LogP contribution in [-0.4, -0.2) is 35.4 Å². The van der Waals surface area contributed by atoms with E-state index in [1.165, 1.54) is 6.20 Å². The van der Waals surface area contributed by atoms with E-state index in [2.05, 4.69) is 24.3 Å². The van der Waals surface area contributed by atoms with Gasteiger partial charge in [-0.1, -0.05) is 25.1 Å². The van der Waals surface area contributed by atoms with Gasteiger partial charge in [0.1, 0.15) is 22.5 Å². The molecule has 2 N–H and O–H groups in total. The molecule has 0 saturated carbocycles. The number of nitrogens with one attached hydrogen (secondary N) is 1. The van der Waals surface area contributed by atoms with Crippen LogP contribution in [0.1, 0.15) is 28.9 Å². The zero-order valence-corrected chi connectivity index (χ0v) is 14.9. The topological polar surface area (TPSA) is 128 Å². The van der Waals surface area contributed by atoms with Crippen molar-refractivity contribution in [1.82, 2.24) is 24.3 Å². The number of fused-ring (bicyclic) bond motifs is 1. The summed E-state index contributed by atoms with van der Waals surface area (Å²) in [7, 11) is 0. The van der Waals surface area contributed by atoms with Gasteiger partial charge in [-0.05, 0) is 17.6 Å². The highest BCUT2D eigenvalue weighted by Gasteiger charge is 2.19. The van der Waals surface area contributed by atoms with Gasteiger partial charge in [-0.2, -0.15) is 9.64 Å². The van der Waals surface area contributed by atoms with Crippen molar-refractivity contribution < 1.29 is 9.90 Å². The summed E-state index contributed by atoms with van der Waals surface area (Å²) < 4.78 is 3.98. The Morgan fingerprint density at radius 3 is 2.81 bits per heavy atom. The van der Waals surface area contributed by atoms with E-state index < -0.39 is 5.97 Å². The number of H-pyrrole nitrogens is 1. The minimum absolute atomic E-state index is 0.121. The average molecular weight is 376 g/mol. The van der Waals surface area contributed by atoms with Gasteiger partial charge < -0.3 is 10.1 Å². The van der Waals surface area contributed by atoms with Gasteiger partial charge in [-0.3, -0.25) is 0 Å². The first-order valence-corrected chi connectivity index (χ1v) is 8.84. The van der Waals surface area contributed by atoms with Crippen LogP contribution in [0.3, 0.4) is 0 Å². The lowest BCUT2D eigenvalue weighted by Gasteiger charge is -2.07. The van der Waals surface area contributed by atoms with Gasteiger partial charge in [0.05, 0.1) is 16.6 Å². The maximum absolute atomic E-state index is 11.6. The number of hydrogen-bond donors (Lipinski definition) is 2. The molecule has 0 bridgehead atoms. The predicted octanol–water partition coefficient (Wildman–Crippen LogP) is 3.28. The van der Waals surface area contributed by atoms with E-state index >= 15 is 0 Å². The third-order valence-corrected chi connectivity index (χ3v) is 4.80. The highest BCUT2D eigenvalue weighted by Crippen LogP contribution is 2.32. The van der Waals surface area contributed by atoms with E-state index in [-0.39, 0.29) is 11.4 Å². The van der Waals surface area contributed by atoms with Crippen molar-refractivity contribution in [2.75, 3.05) is 0 Å². The molecule has 0 aliphatic carbocycles. The number of aryl methyl sites for hydroxylation is 1. The lowest BCUT2D eigenvalue weighted by Crippen LogP contribution is -2.00. The molecule has 4 rings (SSSR count). The quantitative estimate of drug-likeness (QED) is 0.559. The number of rotatable bonds is 4. The summed E-state index contributed by atoms with van der Waals surface area (Å²) >= 11 is 1.14. The number of aromatic carboxylic acids is 1. The molecule has 132 valence electrons. The Balaban J connectivity index is 1.94. The number of nitriles is 1. The number of aromatic amines is 1. The minimum atomic E-state index is -1.05. The monoisotopic (exact) mass is 376 g/mol. The Morgan fingerprint density at radius 2 is 2.11 bits per heavy atom. The van der Waals surface area contributed by atoms with Crippen molar-refractivity contribution >= 4 is 28.5 Å². The molecule has 3 aromatic heterocycles. The summed E-state index contributed by atoms with van der Waals surface area (Å²) in [6.45, 7) is 1.94. The van der Waals surface area contributed by atoms with Crippen LogP contribution < -0.4 is 0 Å². The summed E-state index contributed by atoms with van der Waals surface area (Å²) in [6, 6.07) is 9.34. The van der Waals surface area contributed by atoms with Gasteiger partial charge >= 0.3 is 5.97 Å². The highest BCUT2D eigenvalue weighted by atomic mass is 32.1. The first-order valence-electron chi connectivity index (χ1n) is 8.06. The second-order valence-electron chi connectivity index (χ2n) is 5.69. The van der Waals surface area contributed by atoms with Gasteiger partial charge in [0.15, 0.2) is 0 Å². The zero-order valence-electron chi connectivity index (χ0n) is 14.1. The van der Waals surface area contributed by atoms with Crippen LogP contribution in [-0.2, 0) is 6.42 Å². The summed E-state index contributed by atoms with van der Waals surface area (Å²) in [6.07, 6.45) is 2.05. The van der Waals surface area contributed by atoms with E-state index in [0.29, 0.717) is 34.0 Å². The second-order valence-corrected chi connectivity index (χ2v) is 6.44. The summed E-state index contributed by atoms with van der Waals surface area (Å²) in [5.41, 5.74) is 2.68. The second kappa shape index (κ2) is 6.59. The minimum Gasteiger partial charge on any atom is -0.478 e. The van der Waals surface area contributed by atoms with E-state index in [1.807, 2.05) is 37.3 Å². The van der Waals surface area contributed by atoms with Crippen molar-refractivity contribution in [1.29, 1.82) is 5.26 Å². The first-order chi connectivity index (χ1) is 13.1. The molecule has 27 heavy (non-hydrogen) atoms. The number of benzene rings is 1. The van der Waals surface area contributed by atoms with Crippen LogP contribution in [0.2, 0.25) is 0 Å². The Bertz CT molecular complexity index is 1220. The fourth-order valence-corrected chi connectivity index (χ4v) is 3.41. The summed E-state index contributed by atoms with van der Waals surface area (Å²) in [5, 5.41) is 19.5. The predicted molar refractivity (Wildman–Crippen MR) is 99.3 cm³/mol. The largest absolute Gasteiger partial charge is 0.478 e. The van der Waals surface area contributed by atoms with E-state index in [4.69, 9.17) is 5.26 Å². The molecule has 1 aromatic carbocycles. The molecule has 0 aliphatic rings. The van der Waals surface area contributed by atoms with E-state index in [1.54, 1.807) is 0 Å². The molecule has 0 amide bonds. The smallest absolute Gasteiger partial charge is 0.338 e. The lowest BCUT2D eigenvalue weighted by molar-refractivity contribution is 0.0699. The number of carboxylic acid groups (broad SMARTS) is 1. The number of hydrogen-bond acceptors (Lipinski definition) is 7. The van der Waals surface area contributed by atoms with Gasteiger partial charge in [0.2, 0.25) is 5.82 Å². The number of carboxylic acids is 1. The molecule has 0 atom stereocenters. The fraction of sp³-hybridized carbons (Fsp3) is 0.111. The fourth-order valence-electron chi connectivity index (χ4n) is 2.80. The van der Waals surface area contributed by atoms with Crippen LogP contribution in [0.25, 0.3) is 32.9 Å². The molecule has 0 aliphatic heterocycles. The number of nitrogens with zero attached hydrogens (tertiary/aromatic N) is 5. The van der Waals surface area contributed by atoms with Gasteiger partial charge in [-0.15, -0.1) is 0 Å². The third kappa shape index (κ3) is 2.92. The molecule has 0 fully saturated rings. The molecule has 8 nitrogen and oxygen atoms in total. The normalized spacial score (nSPS) is 10.8. The van der Waals surface area contributed by atoms with Crippen molar-refractivity contribution in [2.24, 2.45) is 0 Å². The molecule has 0 radical (unpaired) electrons. The molecule has 0 spiro atoms. The summed E-state index contributed by atoms with van der Waals surface area (Å²) in [5.74, 6) is -0.310. The van der Waals surface area contributed by atoms with E-state index in [0.717, 1.165) is 22.7 Å². The van der Waals surface area contributed by atoms with Crippen LogP contribution in [0.5, 0.6) is 0 Å². The van der Waals surface area contributed by atoms with Crippen molar-refractivity contribution in [2.45, 2.75) is 13.3 Å². The number of aromatic nitrogens is 5. The molecular weight excluding hydrogens is 364 g/mol. The first kappa shape index (κ1) is 16.8. The Labute approximate surface area is 157 Å². The summed E-state index contributed by atoms with van der Waals surface area (Å²) in [4.78, 5) is 27.7. The highest BCUT2D eigenvalue weighted by molar-refractivity contribution is 7.09. The van der Waals surface area contributed by atoms with Crippen molar-refractivity contribution in [3.63, 3.8) is 0 Å². The lowest BCUT2D eigenvalue weighted by atomic mass is 10.0. The molecular formula is C18H12N6O2S. The SMILES string of the molecule is CCc1nc(-c2cccc(-c3nc(C#N)ns3)c2)c2c(C(=O)O)c[nH]c2n1. The van der Waals surface area contributed by atoms with Crippen molar-refractivity contribution in [3.05, 3.63) is 47.7 Å². The third-order valence-electron chi connectivity index (χ3n) is 4.03. The molecule has 4 aromatic rings. The Morgan fingerprint density at radius 1 is 1.30 bits per heavy atom. The van der Waals surface area contributed by atoms with Crippen LogP contribution in [0.15, 0.2) is 30.5 Å². The molecule has 3 heterocycles. The maximum atomic E-state index is 11.6. The van der Waals surface area contributed by atoms with Crippen LogP contribution in [0, 0.1) is 11.3 Å². The Kier molecular flexibility index (Phi) is 4.10. The Hall–Kier alpha value is -3.64. The van der Waals surface area contributed by atoms with Crippen LogP contribution >= 0.6 is 11.5 Å². The molecule has 0 unspecified atom stereocenters. The van der Waals surface area contributed by atoms with Gasteiger partial charge in [-0.25, -0.2) is 19.7 Å². The van der Waals surface area contributed by atoms with E-state index in [9.17, 15) is 9.90 Å². The zero-order chi connectivity index (χ0) is 19.0. The van der Waals surface area contributed by atoms with Gasteiger partial charge in [0, 0.05) is 23.7 Å². The van der Waals surface area contributed by atoms with Crippen LogP contribution in [0.4, 0.5) is 0 Å². The molecule has 0 saturated heterocycles. The average Bonchev–Trinajstić information content (AvgIpc) is 3.34. The standard InChI is InChI=1S/C18H12N6O2S/c1-2-12-21-15(14-11(18(25)26)8-20-16(14)22-12)9-4-3-5-10(6-9)17-23-13(7-19)24-27-17/h3-6,8H,2H2,1H3,(H,25,26)(H,20,21,22). The molecule has 9 heteroatoms.